The summed E-state index contributed by atoms with van der Waals surface area (Å²) in [6.07, 6.45) is 0.806. The van der Waals surface area contributed by atoms with Crippen molar-refractivity contribution in [1.82, 2.24) is 9.80 Å². The van der Waals surface area contributed by atoms with E-state index in [0.717, 1.165) is 44.9 Å². The molecule has 0 saturated carbocycles. The third kappa shape index (κ3) is 5.53. The fourth-order valence-corrected chi connectivity index (χ4v) is 4.16. The molecule has 1 fully saturated rings. The van der Waals surface area contributed by atoms with Crippen molar-refractivity contribution in [1.29, 1.82) is 0 Å². The Kier molecular flexibility index (Phi) is 7.46. The van der Waals surface area contributed by atoms with Crippen LogP contribution in [0.2, 0.25) is 0 Å². The molecule has 1 aliphatic heterocycles. The molecule has 0 amide bonds. The Hall–Kier alpha value is -1.44. The predicted molar refractivity (Wildman–Crippen MR) is 105 cm³/mol. The van der Waals surface area contributed by atoms with Crippen molar-refractivity contribution in [2.75, 3.05) is 39.5 Å². The van der Waals surface area contributed by atoms with Crippen LogP contribution in [0.1, 0.15) is 17.5 Å². The molecule has 6 heteroatoms. The van der Waals surface area contributed by atoms with E-state index >= 15 is 0 Å². The standard InChI is InChI=1S/C20H28N2O3S/c23-8-4-19-15-21(6-7-22(19)14-18-5-11-26-16-18)13-17-2-1-3-20(12-17)25-10-9-24/h1-3,5,11-12,16,19,23-24H,4,6-10,13-15H2. The molecule has 0 aliphatic carbocycles. The first-order valence-electron chi connectivity index (χ1n) is 9.19. The topological polar surface area (TPSA) is 56.2 Å². The smallest absolute Gasteiger partial charge is 0.119 e. The van der Waals surface area contributed by atoms with Gasteiger partial charge in [0.25, 0.3) is 0 Å². The Morgan fingerprint density at radius 2 is 2.00 bits per heavy atom. The summed E-state index contributed by atoms with van der Waals surface area (Å²) < 4.78 is 5.51. The summed E-state index contributed by atoms with van der Waals surface area (Å²) in [5, 5.41) is 22.7. The molecule has 1 atom stereocenters. The van der Waals surface area contributed by atoms with Crippen LogP contribution >= 0.6 is 11.3 Å². The van der Waals surface area contributed by atoms with E-state index in [1.165, 1.54) is 11.1 Å². The zero-order valence-corrected chi connectivity index (χ0v) is 15.9. The molecule has 2 aromatic rings. The Balaban J connectivity index is 1.58. The van der Waals surface area contributed by atoms with Crippen molar-refractivity contribution in [3.8, 4) is 5.75 Å². The molecule has 1 aromatic heterocycles. The minimum atomic E-state index is 0.0269. The Bertz CT molecular complexity index is 650. The third-order valence-corrected chi connectivity index (χ3v) is 5.51. The first-order valence-corrected chi connectivity index (χ1v) is 10.1. The number of thiophene rings is 1. The second-order valence-corrected chi connectivity index (χ2v) is 7.50. The first-order chi connectivity index (χ1) is 12.8. The number of ether oxygens (including phenoxy) is 1. The lowest BCUT2D eigenvalue weighted by Gasteiger charge is -2.41. The second kappa shape index (κ2) is 10.0. The highest BCUT2D eigenvalue weighted by Crippen LogP contribution is 2.21. The van der Waals surface area contributed by atoms with Gasteiger partial charge in [-0.25, -0.2) is 0 Å². The van der Waals surface area contributed by atoms with E-state index in [2.05, 4.69) is 38.8 Å². The number of nitrogens with zero attached hydrogens (tertiary/aromatic N) is 2. The lowest BCUT2D eigenvalue weighted by Crippen LogP contribution is -2.52. The molecule has 26 heavy (non-hydrogen) atoms. The van der Waals surface area contributed by atoms with Gasteiger partial charge in [0.05, 0.1) is 6.61 Å². The molecule has 1 saturated heterocycles. The summed E-state index contributed by atoms with van der Waals surface area (Å²) in [7, 11) is 0. The number of benzene rings is 1. The van der Waals surface area contributed by atoms with Crippen molar-refractivity contribution >= 4 is 11.3 Å². The minimum absolute atomic E-state index is 0.0269. The van der Waals surface area contributed by atoms with Gasteiger partial charge in [0.15, 0.2) is 0 Å². The van der Waals surface area contributed by atoms with Crippen molar-refractivity contribution in [3.63, 3.8) is 0 Å². The van der Waals surface area contributed by atoms with Gasteiger partial charge in [0, 0.05) is 45.4 Å². The summed E-state index contributed by atoms with van der Waals surface area (Å²) in [4.78, 5) is 4.95. The van der Waals surface area contributed by atoms with Crippen molar-refractivity contribution < 1.29 is 14.9 Å². The van der Waals surface area contributed by atoms with Gasteiger partial charge in [-0.15, -0.1) is 0 Å². The average molecular weight is 377 g/mol. The molecule has 1 aromatic carbocycles. The highest BCUT2D eigenvalue weighted by atomic mass is 32.1. The van der Waals surface area contributed by atoms with E-state index in [1.807, 2.05) is 12.1 Å². The van der Waals surface area contributed by atoms with Crippen molar-refractivity contribution in [2.45, 2.75) is 25.6 Å². The van der Waals surface area contributed by atoms with E-state index in [1.54, 1.807) is 11.3 Å². The summed E-state index contributed by atoms with van der Waals surface area (Å²) in [6, 6.07) is 10.7. The molecule has 2 N–H and O–H groups in total. The SMILES string of the molecule is OCCOc1cccc(CN2CCN(Cc3ccsc3)C(CCO)C2)c1. The molecule has 0 spiro atoms. The number of rotatable bonds is 9. The highest BCUT2D eigenvalue weighted by molar-refractivity contribution is 7.07. The highest BCUT2D eigenvalue weighted by Gasteiger charge is 2.26. The summed E-state index contributed by atoms with van der Waals surface area (Å²) in [5.41, 5.74) is 2.58. The van der Waals surface area contributed by atoms with Crippen LogP contribution < -0.4 is 4.74 Å². The van der Waals surface area contributed by atoms with Gasteiger partial charge >= 0.3 is 0 Å². The number of hydrogen-bond acceptors (Lipinski definition) is 6. The largest absolute Gasteiger partial charge is 0.491 e. The quantitative estimate of drug-likeness (QED) is 0.703. The third-order valence-electron chi connectivity index (χ3n) is 4.78. The van der Waals surface area contributed by atoms with Gasteiger partial charge in [-0.05, 0) is 46.5 Å². The summed E-state index contributed by atoms with van der Waals surface area (Å²) in [5.74, 6) is 0.805. The number of aliphatic hydroxyl groups is 2. The number of aliphatic hydroxyl groups excluding tert-OH is 2. The minimum Gasteiger partial charge on any atom is -0.491 e. The van der Waals surface area contributed by atoms with Crippen LogP contribution in [0.4, 0.5) is 0 Å². The van der Waals surface area contributed by atoms with Crippen LogP contribution in [0.25, 0.3) is 0 Å². The van der Waals surface area contributed by atoms with Crippen LogP contribution in [0.5, 0.6) is 5.75 Å². The first kappa shape index (κ1) is 19.3. The van der Waals surface area contributed by atoms with Crippen LogP contribution in [-0.2, 0) is 13.1 Å². The zero-order chi connectivity index (χ0) is 18.2. The lowest BCUT2D eigenvalue weighted by atomic mass is 10.1. The normalized spacial score (nSPS) is 18.9. The Labute approximate surface area is 159 Å². The zero-order valence-electron chi connectivity index (χ0n) is 15.1. The lowest BCUT2D eigenvalue weighted by molar-refractivity contribution is 0.0500. The van der Waals surface area contributed by atoms with Gasteiger partial charge in [0.1, 0.15) is 12.4 Å². The fourth-order valence-electron chi connectivity index (χ4n) is 3.50. The van der Waals surface area contributed by atoms with Crippen LogP contribution in [0.15, 0.2) is 41.1 Å². The predicted octanol–water partition coefficient (Wildman–Crippen LogP) is 2.19. The fraction of sp³-hybridized carbons (Fsp3) is 0.500. The van der Waals surface area contributed by atoms with Gasteiger partial charge in [0.2, 0.25) is 0 Å². The van der Waals surface area contributed by atoms with Gasteiger partial charge < -0.3 is 14.9 Å². The van der Waals surface area contributed by atoms with Crippen molar-refractivity contribution in [2.24, 2.45) is 0 Å². The van der Waals surface area contributed by atoms with E-state index < -0.39 is 0 Å². The van der Waals surface area contributed by atoms with Crippen LogP contribution in [0, 0.1) is 0 Å². The Morgan fingerprint density at radius 1 is 1.08 bits per heavy atom. The molecule has 5 nitrogen and oxygen atoms in total. The molecule has 3 rings (SSSR count). The molecular weight excluding hydrogens is 348 g/mol. The molecule has 1 unspecified atom stereocenters. The monoisotopic (exact) mass is 376 g/mol. The average Bonchev–Trinajstić information content (AvgIpc) is 3.16. The van der Waals surface area contributed by atoms with E-state index in [9.17, 15) is 5.11 Å². The molecule has 0 bridgehead atoms. The summed E-state index contributed by atoms with van der Waals surface area (Å²) in [6.45, 7) is 5.42. The molecular formula is C20H28N2O3S. The molecule has 2 heterocycles. The maximum atomic E-state index is 9.48. The molecule has 142 valence electrons. The van der Waals surface area contributed by atoms with Gasteiger partial charge in [-0.3, -0.25) is 9.80 Å². The maximum absolute atomic E-state index is 9.48. The van der Waals surface area contributed by atoms with E-state index in [-0.39, 0.29) is 13.2 Å². The number of piperazine rings is 1. The second-order valence-electron chi connectivity index (χ2n) is 6.72. The van der Waals surface area contributed by atoms with E-state index in [4.69, 9.17) is 9.84 Å². The Morgan fingerprint density at radius 3 is 2.77 bits per heavy atom. The van der Waals surface area contributed by atoms with Crippen LogP contribution in [0.3, 0.4) is 0 Å². The molecule has 1 aliphatic rings. The van der Waals surface area contributed by atoms with Gasteiger partial charge in [-0.1, -0.05) is 12.1 Å². The van der Waals surface area contributed by atoms with Gasteiger partial charge in [-0.2, -0.15) is 11.3 Å². The maximum Gasteiger partial charge on any atom is 0.119 e. The summed E-state index contributed by atoms with van der Waals surface area (Å²) >= 11 is 1.74. The van der Waals surface area contributed by atoms with Crippen LogP contribution in [-0.4, -0.2) is 65.5 Å². The van der Waals surface area contributed by atoms with Crippen molar-refractivity contribution in [3.05, 3.63) is 52.2 Å². The molecule has 0 radical (unpaired) electrons. The van der Waals surface area contributed by atoms with E-state index in [0.29, 0.717) is 12.6 Å². The number of hydrogen-bond donors (Lipinski definition) is 2.